The molecule has 2 rings (SSSR count). The quantitative estimate of drug-likeness (QED) is 0.461. The molecule has 0 atom stereocenters. The van der Waals surface area contributed by atoms with E-state index in [0.717, 1.165) is 17.5 Å². The number of rotatable bonds is 7. The lowest BCUT2D eigenvalue weighted by Gasteiger charge is -2.06. The van der Waals surface area contributed by atoms with Gasteiger partial charge in [-0.05, 0) is 29.7 Å². The number of carbonyl (C=O) groups excluding carboxylic acids is 2. The lowest BCUT2D eigenvalue weighted by molar-refractivity contribution is -0.139. The molecule has 6 nitrogen and oxygen atoms in total. The van der Waals surface area contributed by atoms with Crippen molar-refractivity contribution in [3.05, 3.63) is 65.7 Å². The molecule has 2 aromatic rings. The van der Waals surface area contributed by atoms with E-state index in [1.807, 2.05) is 55.5 Å². The number of ether oxygens (including phenoxy) is 1. The van der Waals surface area contributed by atoms with Crippen molar-refractivity contribution in [2.24, 2.45) is 5.10 Å². The zero-order valence-corrected chi connectivity index (χ0v) is 14.1. The highest BCUT2D eigenvalue weighted by molar-refractivity contribution is 6.35. The van der Waals surface area contributed by atoms with Gasteiger partial charge in [0, 0.05) is 6.54 Å². The average Bonchev–Trinajstić information content (AvgIpc) is 2.65. The van der Waals surface area contributed by atoms with E-state index in [9.17, 15) is 9.59 Å². The number of hydrogen-bond acceptors (Lipinski definition) is 4. The molecule has 0 unspecified atom stereocenters. The van der Waals surface area contributed by atoms with Gasteiger partial charge in [0.15, 0.2) is 0 Å². The maximum absolute atomic E-state index is 11.5. The van der Waals surface area contributed by atoms with Crippen molar-refractivity contribution in [3.63, 3.8) is 0 Å². The molecule has 2 N–H and O–H groups in total. The summed E-state index contributed by atoms with van der Waals surface area (Å²) in [7, 11) is 0. The van der Waals surface area contributed by atoms with Crippen LogP contribution in [0.4, 0.5) is 0 Å². The lowest BCUT2D eigenvalue weighted by atomic mass is 10.2. The summed E-state index contributed by atoms with van der Waals surface area (Å²) in [4.78, 5) is 22.9. The van der Waals surface area contributed by atoms with Crippen LogP contribution in [0.1, 0.15) is 24.5 Å². The van der Waals surface area contributed by atoms with Crippen molar-refractivity contribution < 1.29 is 14.3 Å². The number of hydrogen-bond donors (Lipinski definition) is 2. The number of nitrogens with zero attached hydrogens (tertiary/aromatic N) is 1. The summed E-state index contributed by atoms with van der Waals surface area (Å²) in [5, 5.41) is 6.27. The van der Waals surface area contributed by atoms with E-state index in [0.29, 0.717) is 18.9 Å². The Labute approximate surface area is 146 Å². The number of amides is 2. The SMILES string of the molecule is CCCNC(=O)C(=O)N/N=C\c1cccc(OCc2ccccc2)c1. The molecule has 0 bridgehead atoms. The number of carbonyl (C=O) groups is 2. The van der Waals surface area contributed by atoms with Crippen molar-refractivity contribution in [2.45, 2.75) is 20.0 Å². The van der Waals surface area contributed by atoms with E-state index in [1.54, 1.807) is 6.07 Å². The van der Waals surface area contributed by atoms with Gasteiger partial charge in [-0.3, -0.25) is 9.59 Å². The van der Waals surface area contributed by atoms with E-state index < -0.39 is 11.8 Å². The molecule has 0 heterocycles. The van der Waals surface area contributed by atoms with Crippen molar-refractivity contribution in [1.82, 2.24) is 10.7 Å². The van der Waals surface area contributed by atoms with Crippen LogP contribution in [0.3, 0.4) is 0 Å². The average molecular weight is 339 g/mol. The van der Waals surface area contributed by atoms with E-state index in [-0.39, 0.29) is 0 Å². The Bertz CT molecular complexity index is 730. The highest BCUT2D eigenvalue weighted by Crippen LogP contribution is 2.14. The molecule has 0 radical (unpaired) electrons. The van der Waals surface area contributed by atoms with Gasteiger partial charge >= 0.3 is 11.8 Å². The minimum atomic E-state index is -0.791. The van der Waals surface area contributed by atoms with Crippen LogP contribution >= 0.6 is 0 Å². The van der Waals surface area contributed by atoms with E-state index in [1.165, 1.54) is 6.21 Å². The Morgan fingerprint density at radius 1 is 1.08 bits per heavy atom. The Morgan fingerprint density at radius 3 is 2.64 bits per heavy atom. The first-order valence-electron chi connectivity index (χ1n) is 8.07. The standard InChI is InChI=1S/C19H21N3O3/c1-2-11-20-18(23)19(24)22-21-13-16-9-6-10-17(12-16)25-14-15-7-4-3-5-8-15/h3-10,12-13H,2,11,14H2,1H3,(H,20,23)(H,22,24)/b21-13-. The maximum atomic E-state index is 11.5. The fourth-order valence-corrected chi connectivity index (χ4v) is 1.96. The molecule has 0 spiro atoms. The Hall–Kier alpha value is -3.15. The molecule has 0 aliphatic heterocycles. The van der Waals surface area contributed by atoms with Crippen LogP contribution in [-0.4, -0.2) is 24.6 Å². The fraction of sp³-hybridized carbons (Fsp3) is 0.211. The monoisotopic (exact) mass is 339 g/mol. The van der Waals surface area contributed by atoms with Crippen molar-refractivity contribution in [3.8, 4) is 5.75 Å². The first-order valence-corrected chi connectivity index (χ1v) is 8.07. The second-order valence-corrected chi connectivity index (χ2v) is 5.30. The number of hydrazone groups is 1. The second-order valence-electron chi connectivity index (χ2n) is 5.30. The van der Waals surface area contributed by atoms with Crippen molar-refractivity contribution >= 4 is 18.0 Å². The van der Waals surface area contributed by atoms with Crippen molar-refractivity contribution in [2.75, 3.05) is 6.54 Å². The van der Waals surface area contributed by atoms with Gasteiger partial charge in [-0.1, -0.05) is 49.4 Å². The van der Waals surface area contributed by atoms with Crippen molar-refractivity contribution in [1.29, 1.82) is 0 Å². The minimum absolute atomic E-state index is 0.455. The molecule has 0 saturated carbocycles. The Morgan fingerprint density at radius 2 is 1.88 bits per heavy atom. The molecule has 6 heteroatoms. The summed E-state index contributed by atoms with van der Waals surface area (Å²) >= 11 is 0. The molecule has 2 amide bonds. The molecule has 0 aliphatic rings. The third kappa shape index (κ3) is 6.47. The summed E-state index contributed by atoms with van der Waals surface area (Å²) in [6.45, 7) is 2.83. The molecular weight excluding hydrogens is 318 g/mol. The number of nitrogens with one attached hydrogen (secondary N) is 2. The Kier molecular flexibility index (Phi) is 7.18. The fourth-order valence-electron chi connectivity index (χ4n) is 1.96. The van der Waals surface area contributed by atoms with Gasteiger partial charge in [0.1, 0.15) is 12.4 Å². The summed E-state index contributed by atoms with van der Waals surface area (Å²) in [6, 6.07) is 17.2. The summed E-state index contributed by atoms with van der Waals surface area (Å²) in [6.07, 6.45) is 2.22. The molecule has 0 saturated heterocycles. The topological polar surface area (TPSA) is 79.8 Å². The molecule has 0 aliphatic carbocycles. The summed E-state index contributed by atoms with van der Waals surface area (Å²) in [5.74, 6) is -0.792. The predicted molar refractivity (Wildman–Crippen MR) is 96.3 cm³/mol. The third-order valence-corrected chi connectivity index (χ3v) is 3.23. The van der Waals surface area contributed by atoms with Crippen LogP contribution in [0.2, 0.25) is 0 Å². The molecule has 0 fully saturated rings. The van der Waals surface area contributed by atoms with E-state index in [2.05, 4.69) is 15.8 Å². The van der Waals surface area contributed by atoms with E-state index >= 15 is 0 Å². The Balaban J connectivity index is 1.86. The van der Waals surface area contributed by atoms with Gasteiger partial charge in [-0.15, -0.1) is 0 Å². The highest BCUT2D eigenvalue weighted by Gasteiger charge is 2.10. The van der Waals surface area contributed by atoms with Crippen LogP contribution < -0.4 is 15.5 Å². The maximum Gasteiger partial charge on any atom is 0.329 e. The molecule has 130 valence electrons. The second kappa shape index (κ2) is 9.87. The van der Waals surface area contributed by atoms with Crippen LogP contribution in [0.25, 0.3) is 0 Å². The van der Waals surface area contributed by atoms with Gasteiger partial charge in [0.2, 0.25) is 0 Å². The first-order chi connectivity index (χ1) is 12.2. The molecular formula is C19H21N3O3. The van der Waals surface area contributed by atoms with Gasteiger partial charge in [0.25, 0.3) is 0 Å². The molecule has 2 aromatic carbocycles. The molecule has 25 heavy (non-hydrogen) atoms. The smallest absolute Gasteiger partial charge is 0.329 e. The zero-order valence-electron chi connectivity index (χ0n) is 14.1. The van der Waals surface area contributed by atoms with Gasteiger partial charge < -0.3 is 10.1 Å². The summed E-state index contributed by atoms with van der Waals surface area (Å²) < 4.78 is 5.73. The highest BCUT2D eigenvalue weighted by atomic mass is 16.5. The lowest BCUT2D eigenvalue weighted by Crippen LogP contribution is -2.38. The van der Waals surface area contributed by atoms with Crippen LogP contribution in [-0.2, 0) is 16.2 Å². The molecule has 0 aromatic heterocycles. The predicted octanol–water partition coefficient (Wildman–Crippen LogP) is 2.24. The van der Waals surface area contributed by atoms with Gasteiger partial charge in [-0.2, -0.15) is 5.10 Å². The first kappa shape index (κ1) is 18.2. The zero-order chi connectivity index (χ0) is 17.9. The number of benzene rings is 2. The third-order valence-electron chi connectivity index (χ3n) is 3.23. The normalized spacial score (nSPS) is 10.4. The van der Waals surface area contributed by atoms with Crippen LogP contribution in [0.15, 0.2) is 59.7 Å². The van der Waals surface area contributed by atoms with Gasteiger partial charge in [0.05, 0.1) is 6.21 Å². The minimum Gasteiger partial charge on any atom is -0.489 e. The largest absolute Gasteiger partial charge is 0.489 e. The van der Waals surface area contributed by atoms with Crippen LogP contribution in [0.5, 0.6) is 5.75 Å². The van der Waals surface area contributed by atoms with Crippen LogP contribution in [0, 0.1) is 0 Å². The summed E-state index contributed by atoms with van der Waals surface area (Å²) in [5.41, 5.74) is 4.02. The van der Waals surface area contributed by atoms with E-state index in [4.69, 9.17) is 4.74 Å². The van der Waals surface area contributed by atoms with Gasteiger partial charge in [-0.25, -0.2) is 5.43 Å².